The fraction of sp³-hybridized carbons (Fsp3) is 0.600. The SMILES string of the molecule is CCc1occc1CNC(C)CN. The number of rotatable bonds is 5. The Morgan fingerprint density at radius 1 is 1.62 bits per heavy atom. The molecule has 74 valence electrons. The van der Waals surface area contributed by atoms with Gasteiger partial charge in [-0.05, 0) is 13.0 Å². The lowest BCUT2D eigenvalue weighted by molar-refractivity contribution is 0.500. The first-order valence-corrected chi connectivity index (χ1v) is 4.76. The Morgan fingerprint density at radius 3 is 3.00 bits per heavy atom. The number of furan rings is 1. The first-order chi connectivity index (χ1) is 6.27. The van der Waals surface area contributed by atoms with E-state index < -0.39 is 0 Å². The Morgan fingerprint density at radius 2 is 2.38 bits per heavy atom. The highest BCUT2D eigenvalue weighted by atomic mass is 16.3. The van der Waals surface area contributed by atoms with Crippen LogP contribution in [0.5, 0.6) is 0 Å². The third-order valence-electron chi connectivity index (χ3n) is 2.15. The van der Waals surface area contributed by atoms with Crippen molar-refractivity contribution in [1.82, 2.24) is 5.32 Å². The van der Waals surface area contributed by atoms with Gasteiger partial charge in [0, 0.05) is 31.1 Å². The number of hydrogen-bond acceptors (Lipinski definition) is 3. The molecule has 0 saturated carbocycles. The van der Waals surface area contributed by atoms with Crippen LogP contribution in [0.4, 0.5) is 0 Å². The van der Waals surface area contributed by atoms with Crippen LogP contribution in [0.2, 0.25) is 0 Å². The summed E-state index contributed by atoms with van der Waals surface area (Å²) < 4.78 is 5.31. The second-order valence-electron chi connectivity index (χ2n) is 3.24. The molecule has 0 amide bonds. The largest absolute Gasteiger partial charge is 0.469 e. The molecule has 0 spiro atoms. The summed E-state index contributed by atoms with van der Waals surface area (Å²) >= 11 is 0. The van der Waals surface area contributed by atoms with Crippen molar-refractivity contribution >= 4 is 0 Å². The first kappa shape index (κ1) is 10.3. The lowest BCUT2D eigenvalue weighted by atomic mass is 10.2. The minimum atomic E-state index is 0.361. The third-order valence-corrected chi connectivity index (χ3v) is 2.15. The van der Waals surface area contributed by atoms with Crippen molar-refractivity contribution in [3.63, 3.8) is 0 Å². The molecule has 1 heterocycles. The van der Waals surface area contributed by atoms with Crippen LogP contribution >= 0.6 is 0 Å². The summed E-state index contributed by atoms with van der Waals surface area (Å²) in [6.45, 7) is 5.68. The average molecular weight is 182 g/mol. The van der Waals surface area contributed by atoms with Gasteiger partial charge in [-0.3, -0.25) is 0 Å². The highest BCUT2D eigenvalue weighted by Crippen LogP contribution is 2.10. The van der Waals surface area contributed by atoms with Crippen LogP contribution in [-0.2, 0) is 13.0 Å². The van der Waals surface area contributed by atoms with E-state index in [2.05, 4.69) is 19.2 Å². The molecule has 0 saturated heterocycles. The summed E-state index contributed by atoms with van der Waals surface area (Å²) in [6, 6.07) is 2.37. The minimum Gasteiger partial charge on any atom is -0.469 e. The molecular weight excluding hydrogens is 164 g/mol. The van der Waals surface area contributed by atoms with E-state index >= 15 is 0 Å². The number of hydrogen-bond donors (Lipinski definition) is 2. The number of aryl methyl sites for hydroxylation is 1. The minimum absolute atomic E-state index is 0.361. The van der Waals surface area contributed by atoms with Gasteiger partial charge in [-0.25, -0.2) is 0 Å². The molecule has 1 atom stereocenters. The van der Waals surface area contributed by atoms with Crippen molar-refractivity contribution in [3.05, 3.63) is 23.7 Å². The molecule has 0 aromatic carbocycles. The normalized spacial score (nSPS) is 13.2. The monoisotopic (exact) mass is 182 g/mol. The second kappa shape index (κ2) is 5.04. The predicted molar refractivity (Wildman–Crippen MR) is 53.4 cm³/mol. The predicted octanol–water partition coefficient (Wildman–Crippen LogP) is 1.28. The average Bonchev–Trinajstić information content (AvgIpc) is 2.61. The maximum absolute atomic E-state index is 5.50. The Labute approximate surface area is 79.3 Å². The van der Waals surface area contributed by atoms with Crippen molar-refractivity contribution in [2.75, 3.05) is 6.54 Å². The summed E-state index contributed by atoms with van der Waals surface area (Å²) in [5.41, 5.74) is 6.73. The summed E-state index contributed by atoms with van der Waals surface area (Å²) in [4.78, 5) is 0. The van der Waals surface area contributed by atoms with E-state index in [1.165, 1.54) is 5.56 Å². The van der Waals surface area contributed by atoms with Gasteiger partial charge in [-0.15, -0.1) is 0 Å². The summed E-state index contributed by atoms with van der Waals surface area (Å²) in [5, 5.41) is 3.32. The van der Waals surface area contributed by atoms with E-state index in [9.17, 15) is 0 Å². The molecular formula is C10H18N2O. The summed E-state index contributed by atoms with van der Waals surface area (Å²) in [7, 11) is 0. The standard InChI is InChI=1S/C10H18N2O/c1-3-10-9(4-5-13-10)7-12-8(2)6-11/h4-5,8,12H,3,6-7,11H2,1-2H3. The van der Waals surface area contributed by atoms with Crippen LogP contribution in [0.1, 0.15) is 25.2 Å². The van der Waals surface area contributed by atoms with E-state index in [-0.39, 0.29) is 0 Å². The molecule has 3 nitrogen and oxygen atoms in total. The van der Waals surface area contributed by atoms with Gasteiger partial charge in [-0.1, -0.05) is 6.92 Å². The first-order valence-electron chi connectivity index (χ1n) is 4.76. The van der Waals surface area contributed by atoms with Gasteiger partial charge < -0.3 is 15.5 Å². The van der Waals surface area contributed by atoms with E-state index in [1.54, 1.807) is 6.26 Å². The van der Waals surface area contributed by atoms with Crippen molar-refractivity contribution in [2.24, 2.45) is 5.73 Å². The van der Waals surface area contributed by atoms with Crippen molar-refractivity contribution in [3.8, 4) is 0 Å². The summed E-state index contributed by atoms with van der Waals surface area (Å²) in [6.07, 6.45) is 2.68. The highest BCUT2D eigenvalue weighted by molar-refractivity contribution is 5.16. The van der Waals surface area contributed by atoms with Crippen LogP contribution in [0.15, 0.2) is 16.7 Å². The molecule has 3 heteroatoms. The quantitative estimate of drug-likeness (QED) is 0.721. The van der Waals surface area contributed by atoms with Crippen molar-refractivity contribution in [2.45, 2.75) is 32.9 Å². The van der Waals surface area contributed by atoms with E-state index in [0.29, 0.717) is 12.6 Å². The van der Waals surface area contributed by atoms with Gasteiger partial charge in [-0.2, -0.15) is 0 Å². The molecule has 0 bridgehead atoms. The maximum Gasteiger partial charge on any atom is 0.107 e. The zero-order chi connectivity index (χ0) is 9.68. The Kier molecular flexibility index (Phi) is 3.99. The van der Waals surface area contributed by atoms with E-state index in [0.717, 1.165) is 18.7 Å². The summed E-state index contributed by atoms with van der Waals surface area (Å²) in [5.74, 6) is 1.07. The Hall–Kier alpha value is -0.800. The fourth-order valence-corrected chi connectivity index (χ4v) is 1.20. The smallest absolute Gasteiger partial charge is 0.107 e. The molecule has 1 unspecified atom stereocenters. The van der Waals surface area contributed by atoms with E-state index in [1.807, 2.05) is 6.07 Å². The van der Waals surface area contributed by atoms with Crippen molar-refractivity contribution in [1.29, 1.82) is 0 Å². The Balaban J connectivity index is 2.44. The van der Waals surface area contributed by atoms with Crippen LogP contribution in [-0.4, -0.2) is 12.6 Å². The molecule has 0 fully saturated rings. The maximum atomic E-state index is 5.50. The molecule has 1 rings (SSSR count). The van der Waals surface area contributed by atoms with Crippen LogP contribution in [0.25, 0.3) is 0 Å². The van der Waals surface area contributed by atoms with Crippen molar-refractivity contribution < 1.29 is 4.42 Å². The molecule has 3 N–H and O–H groups in total. The highest BCUT2D eigenvalue weighted by Gasteiger charge is 2.04. The lowest BCUT2D eigenvalue weighted by Gasteiger charge is -2.10. The van der Waals surface area contributed by atoms with Gasteiger partial charge in [0.2, 0.25) is 0 Å². The van der Waals surface area contributed by atoms with Crippen LogP contribution in [0, 0.1) is 0 Å². The second-order valence-corrected chi connectivity index (χ2v) is 3.24. The molecule has 0 aliphatic heterocycles. The van der Waals surface area contributed by atoms with Crippen LogP contribution < -0.4 is 11.1 Å². The van der Waals surface area contributed by atoms with Gasteiger partial charge in [0.1, 0.15) is 5.76 Å². The number of nitrogens with two attached hydrogens (primary N) is 1. The molecule has 1 aromatic rings. The van der Waals surface area contributed by atoms with E-state index in [4.69, 9.17) is 10.2 Å². The number of nitrogens with one attached hydrogen (secondary N) is 1. The zero-order valence-corrected chi connectivity index (χ0v) is 8.34. The molecule has 13 heavy (non-hydrogen) atoms. The van der Waals surface area contributed by atoms with Crippen LogP contribution in [0.3, 0.4) is 0 Å². The van der Waals surface area contributed by atoms with Gasteiger partial charge in [0.05, 0.1) is 6.26 Å². The van der Waals surface area contributed by atoms with Gasteiger partial charge in [0.25, 0.3) is 0 Å². The molecule has 1 aromatic heterocycles. The van der Waals surface area contributed by atoms with Gasteiger partial charge >= 0.3 is 0 Å². The van der Waals surface area contributed by atoms with Gasteiger partial charge in [0.15, 0.2) is 0 Å². The Bertz CT molecular complexity index is 245. The molecule has 0 aliphatic rings. The topological polar surface area (TPSA) is 51.2 Å². The third kappa shape index (κ3) is 2.86. The fourth-order valence-electron chi connectivity index (χ4n) is 1.20. The molecule has 0 radical (unpaired) electrons. The lowest BCUT2D eigenvalue weighted by Crippen LogP contribution is -2.32. The zero-order valence-electron chi connectivity index (χ0n) is 8.34. The molecule has 0 aliphatic carbocycles.